The molecule has 4 heteroatoms. The summed E-state index contributed by atoms with van der Waals surface area (Å²) in [5, 5.41) is 3.26. The van der Waals surface area contributed by atoms with Gasteiger partial charge in [-0.05, 0) is 27.3 Å². The molecule has 1 fully saturated rings. The standard InChI is InChI=1S/C12H22N2O2/c1-5-7-13-12(11(15)16-6-2)8-10(3)14(4)9-12/h5,10,13H,1,6-9H2,2-4H3. The Balaban J connectivity index is 2.77. The van der Waals surface area contributed by atoms with Crippen molar-refractivity contribution in [3.63, 3.8) is 0 Å². The van der Waals surface area contributed by atoms with Gasteiger partial charge in [0.25, 0.3) is 0 Å². The van der Waals surface area contributed by atoms with Crippen LogP contribution in [0.1, 0.15) is 20.3 Å². The van der Waals surface area contributed by atoms with Gasteiger partial charge in [0.15, 0.2) is 0 Å². The predicted molar refractivity (Wildman–Crippen MR) is 64.3 cm³/mol. The molecule has 1 heterocycles. The van der Waals surface area contributed by atoms with Crippen LogP contribution in [0.15, 0.2) is 12.7 Å². The Kier molecular flexibility index (Phi) is 4.50. The first-order valence-electron chi connectivity index (χ1n) is 5.79. The van der Waals surface area contributed by atoms with E-state index in [2.05, 4.69) is 23.7 Å². The number of carbonyl (C=O) groups is 1. The molecule has 0 amide bonds. The summed E-state index contributed by atoms with van der Waals surface area (Å²) in [6.07, 6.45) is 2.56. The first-order chi connectivity index (χ1) is 7.55. The van der Waals surface area contributed by atoms with Crippen LogP contribution >= 0.6 is 0 Å². The SMILES string of the molecule is C=CCNC1(C(=O)OCC)CC(C)N(C)C1. The summed E-state index contributed by atoms with van der Waals surface area (Å²) in [6, 6.07) is 0.390. The number of likely N-dealkylation sites (N-methyl/N-ethyl adjacent to an activating group) is 1. The van der Waals surface area contributed by atoms with Crippen molar-refractivity contribution >= 4 is 5.97 Å². The van der Waals surface area contributed by atoms with Crippen LogP contribution in [0.25, 0.3) is 0 Å². The maximum atomic E-state index is 12.0. The third kappa shape index (κ3) is 2.62. The van der Waals surface area contributed by atoms with Crippen LogP contribution in [-0.2, 0) is 9.53 Å². The third-order valence-electron chi connectivity index (χ3n) is 3.17. The Morgan fingerprint density at radius 2 is 2.44 bits per heavy atom. The maximum absolute atomic E-state index is 12.0. The van der Waals surface area contributed by atoms with E-state index < -0.39 is 5.54 Å². The number of esters is 1. The number of hydrogen-bond donors (Lipinski definition) is 1. The Hall–Kier alpha value is -0.870. The molecule has 16 heavy (non-hydrogen) atoms. The van der Waals surface area contributed by atoms with E-state index in [9.17, 15) is 4.79 Å². The molecule has 1 aliphatic heterocycles. The summed E-state index contributed by atoms with van der Waals surface area (Å²) in [5.74, 6) is -0.145. The molecule has 0 saturated carbocycles. The van der Waals surface area contributed by atoms with Crippen LogP contribution in [0.2, 0.25) is 0 Å². The number of ether oxygens (including phenoxy) is 1. The Morgan fingerprint density at radius 1 is 1.75 bits per heavy atom. The minimum Gasteiger partial charge on any atom is -0.465 e. The summed E-state index contributed by atoms with van der Waals surface area (Å²) in [7, 11) is 2.03. The highest BCUT2D eigenvalue weighted by Crippen LogP contribution is 2.27. The summed E-state index contributed by atoms with van der Waals surface area (Å²) >= 11 is 0. The molecule has 1 N–H and O–H groups in total. The average Bonchev–Trinajstić information content (AvgIpc) is 2.54. The lowest BCUT2D eigenvalue weighted by atomic mass is 9.96. The minimum atomic E-state index is -0.557. The van der Waals surface area contributed by atoms with E-state index in [-0.39, 0.29) is 5.97 Å². The Bertz CT molecular complexity index is 256. The molecule has 0 bridgehead atoms. The summed E-state index contributed by atoms with van der Waals surface area (Å²) in [6.45, 7) is 9.37. The Morgan fingerprint density at radius 3 is 2.88 bits per heavy atom. The Labute approximate surface area is 97.6 Å². The fourth-order valence-corrected chi connectivity index (χ4v) is 2.19. The van der Waals surface area contributed by atoms with Gasteiger partial charge in [-0.1, -0.05) is 6.08 Å². The highest BCUT2D eigenvalue weighted by molar-refractivity contribution is 5.82. The predicted octanol–water partition coefficient (Wildman–Crippen LogP) is 0.788. The largest absolute Gasteiger partial charge is 0.465 e. The van der Waals surface area contributed by atoms with Gasteiger partial charge < -0.3 is 9.64 Å². The lowest BCUT2D eigenvalue weighted by molar-refractivity contribution is -0.150. The number of likely N-dealkylation sites (tertiary alicyclic amines) is 1. The second-order valence-electron chi connectivity index (χ2n) is 4.44. The van der Waals surface area contributed by atoms with Crippen LogP contribution in [0.4, 0.5) is 0 Å². The average molecular weight is 226 g/mol. The van der Waals surface area contributed by atoms with Crippen molar-refractivity contribution < 1.29 is 9.53 Å². The minimum absolute atomic E-state index is 0.145. The molecule has 1 saturated heterocycles. The van der Waals surface area contributed by atoms with Crippen LogP contribution in [0.5, 0.6) is 0 Å². The molecular weight excluding hydrogens is 204 g/mol. The molecule has 0 radical (unpaired) electrons. The van der Waals surface area contributed by atoms with E-state index in [1.807, 2.05) is 14.0 Å². The molecule has 0 aromatic heterocycles. The maximum Gasteiger partial charge on any atom is 0.327 e. The fourth-order valence-electron chi connectivity index (χ4n) is 2.19. The van der Waals surface area contributed by atoms with Crippen molar-refractivity contribution in [2.24, 2.45) is 0 Å². The lowest BCUT2D eigenvalue weighted by Crippen LogP contribution is -2.54. The van der Waals surface area contributed by atoms with Crippen molar-refractivity contribution in [3.8, 4) is 0 Å². The molecule has 1 aliphatic rings. The summed E-state index contributed by atoms with van der Waals surface area (Å²) in [5.41, 5.74) is -0.557. The quantitative estimate of drug-likeness (QED) is 0.556. The van der Waals surface area contributed by atoms with Gasteiger partial charge in [-0.2, -0.15) is 0 Å². The normalized spacial score (nSPS) is 30.3. The number of rotatable bonds is 5. The zero-order valence-electron chi connectivity index (χ0n) is 10.5. The van der Waals surface area contributed by atoms with Crippen molar-refractivity contribution in [2.75, 3.05) is 26.7 Å². The lowest BCUT2D eigenvalue weighted by Gasteiger charge is -2.27. The summed E-state index contributed by atoms with van der Waals surface area (Å²) < 4.78 is 5.16. The molecule has 2 atom stereocenters. The molecular formula is C12H22N2O2. The van der Waals surface area contributed by atoms with Crippen LogP contribution < -0.4 is 5.32 Å². The van der Waals surface area contributed by atoms with Crippen LogP contribution in [0.3, 0.4) is 0 Å². The topological polar surface area (TPSA) is 41.6 Å². The molecule has 4 nitrogen and oxygen atoms in total. The van der Waals surface area contributed by atoms with Gasteiger partial charge in [0.2, 0.25) is 0 Å². The third-order valence-corrected chi connectivity index (χ3v) is 3.17. The van der Waals surface area contributed by atoms with E-state index in [4.69, 9.17) is 4.74 Å². The molecule has 0 aromatic rings. The van der Waals surface area contributed by atoms with Gasteiger partial charge in [0.1, 0.15) is 5.54 Å². The van der Waals surface area contributed by atoms with Crippen molar-refractivity contribution in [1.29, 1.82) is 0 Å². The smallest absolute Gasteiger partial charge is 0.327 e. The molecule has 1 rings (SSSR count). The van der Waals surface area contributed by atoms with E-state index in [1.54, 1.807) is 6.08 Å². The van der Waals surface area contributed by atoms with Gasteiger partial charge >= 0.3 is 5.97 Å². The van der Waals surface area contributed by atoms with E-state index in [1.165, 1.54) is 0 Å². The van der Waals surface area contributed by atoms with Gasteiger partial charge in [-0.15, -0.1) is 6.58 Å². The molecule has 2 unspecified atom stereocenters. The zero-order valence-corrected chi connectivity index (χ0v) is 10.5. The van der Waals surface area contributed by atoms with Crippen molar-refractivity contribution in [2.45, 2.75) is 31.8 Å². The highest BCUT2D eigenvalue weighted by Gasteiger charge is 2.47. The van der Waals surface area contributed by atoms with Gasteiger partial charge in [-0.25, -0.2) is 4.79 Å². The van der Waals surface area contributed by atoms with Gasteiger partial charge in [-0.3, -0.25) is 5.32 Å². The van der Waals surface area contributed by atoms with E-state index >= 15 is 0 Å². The van der Waals surface area contributed by atoms with Crippen LogP contribution in [0, 0.1) is 0 Å². The number of carbonyl (C=O) groups excluding carboxylic acids is 1. The van der Waals surface area contributed by atoms with Gasteiger partial charge in [0.05, 0.1) is 6.61 Å². The molecule has 0 aliphatic carbocycles. The first kappa shape index (κ1) is 13.2. The fraction of sp³-hybridized carbons (Fsp3) is 0.750. The monoisotopic (exact) mass is 226 g/mol. The zero-order chi connectivity index (χ0) is 12.2. The highest BCUT2D eigenvalue weighted by atomic mass is 16.5. The molecule has 0 aromatic carbocycles. The second kappa shape index (κ2) is 5.46. The molecule has 0 spiro atoms. The van der Waals surface area contributed by atoms with Crippen molar-refractivity contribution in [3.05, 3.63) is 12.7 Å². The van der Waals surface area contributed by atoms with Crippen molar-refractivity contribution in [1.82, 2.24) is 10.2 Å². The van der Waals surface area contributed by atoms with Crippen LogP contribution in [-0.4, -0.2) is 49.2 Å². The van der Waals surface area contributed by atoms with E-state index in [0.717, 1.165) is 6.42 Å². The number of nitrogens with one attached hydrogen (secondary N) is 1. The number of hydrogen-bond acceptors (Lipinski definition) is 4. The first-order valence-corrected chi connectivity index (χ1v) is 5.79. The molecule has 92 valence electrons. The van der Waals surface area contributed by atoms with Gasteiger partial charge in [0, 0.05) is 19.1 Å². The number of nitrogens with zero attached hydrogens (tertiary/aromatic N) is 1. The second-order valence-corrected chi connectivity index (χ2v) is 4.44. The van der Waals surface area contributed by atoms with E-state index in [0.29, 0.717) is 25.7 Å². The summed E-state index contributed by atoms with van der Waals surface area (Å²) in [4.78, 5) is 14.2.